The lowest BCUT2D eigenvalue weighted by Crippen LogP contribution is -2.18. The first-order valence-electron chi connectivity index (χ1n) is 11.1. The first-order valence-corrected chi connectivity index (χ1v) is 11.1. The second-order valence-corrected chi connectivity index (χ2v) is 8.97. The molecule has 0 saturated carbocycles. The van der Waals surface area contributed by atoms with Gasteiger partial charge >= 0.3 is 0 Å². The third-order valence-corrected chi connectivity index (χ3v) is 5.51. The normalized spacial score (nSPS) is 11.5. The van der Waals surface area contributed by atoms with Gasteiger partial charge in [0.15, 0.2) is 0 Å². The van der Waals surface area contributed by atoms with Crippen molar-refractivity contribution >= 4 is 12.1 Å². The summed E-state index contributed by atoms with van der Waals surface area (Å²) in [7, 11) is 1.64. The van der Waals surface area contributed by atoms with Crippen LogP contribution in [0.2, 0.25) is 0 Å². The maximum absolute atomic E-state index is 12.6. The highest BCUT2D eigenvalue weighted by Gasteiger charge is 2.15. The number of para-hydroxylation sites is 1. The van der Waals surface area contributed by atoms with Gasteiger partial charge in [-0.2, -0.15) is 10.2 Å². The fourth-order valence-electron chi connectivity index (χ4n) is 3.51. The fraction of sp³-hybridized carbons (Fsp3) is 0.179. The number of aromatic nitrogens is 2. The summed E-state index contributed by atoms with van der Waals surface area (Å²) in [5.74, 6) is 0.504. The summed E-state index contributed by atoms with van der Waals surface area (Å²) in [5.41, 5.74) is 7.76. The molecule has 172 valence electrons. The Kier molecular flexibility index (Phi) is 6.59. The van der Waals surface area contributed by atoms with E-state index in [9.17, 15) is 4.79 Å². The maximum atomic E-state index is 12.6. The molecule has 0 spiro atoms. The molecule has 34 heavy (non-hydrogen) atoms. The van der Waals surface area contributed by atoms with Crippen molar-refractivity contribution in [3.63, 3.8) is 0 Å². The molecular weight excluding hydrogens is 424 g/mol. The molecule has 4 rings (SSSR count). The largest absolute Gasteiger partial charge is 0.497 e. The van der Waals surface area contributed by atoms with Crippen molar-refractivity contribution in [1.82, 2.24) is 15.2 Å². The van der Waals surface area contributed by atoms with E-state index in [1.807, 2.05) is 85.1 Å². The van der Waals surface area contributed by atoms with Gasteiger partial charge in [-0.25, -0.2) is 10.1 Å². The molecule has 4 aromatic rings. The summed E-state index contributed by atoms with van der Waals surface area (Å²) in [5, 5.41) is 8.98. The first kappa shape index (κ1) is 23.0. The third-order valence-electron chi connectivity index (χ3n) is 5.51. The summed E-state index contributed by atoms with van der Waals surface area (Å²) in [6.07, 6.45) is 3.51. The SMILES string of the molecule is COc1ccc(-c2nn(-c3ccccc3)cc2/C=N\NC(=O)c2ccc(C(C)(C)C)cc2)cc1. The Morgan fingerprint density at radius 1 is 0.971 bits per heavy atom. The quantitative estimate of drug-likeness (QED) is 0.305. The van der Waals surface area contributed by atoms with Crippen LogP contribution in [0.3, 0.4) is 0 Å². The van der Waals surface area contributed by atoms with Gasteiger partial charge in [0.1, 0.15) is 11.4 Å². The van der Waals surface area contributed by atoms with Crippen LogP contribution in [-0.2, 0) is 5.41 Å². The number of hydrogen-bond acceptors (Lipinski definition) is 4. The molecule has 0 aliphatic rings. The minimum Gasteiger partial charge on any atom is -0.497 e. The standard InChI is InChI=1S/C28H28N4O2/c1-28(2,3)23-14-10-21(11-15-23)27(33)30-29-18-22-19-32(24-8-6-5-7-9-24)31-26(22)20-12-16-25(34-4)17-13-20/h5-19H,1-4H3,(H,30,33)/b29-18-. The number of rotatable bonds is 6. The average molecular weight is 453 g/mol. The number of nitrogens with one attached hydrogen (secondary N) is 1. The Hall–Kier alpha value is -4.19. The number of amides is 1. The number of ether oxygens (including phenoxy) is 1. The minimum absolute atomic E-state index is 0.0317. The van der Waals surface area contributed by atoms with E-state index in [1.165, 1.54) is 5.56 Å². The number of carbonyl (C=O) groups is 1. The summed E-state index contributed by atoms with van der Waals surface area (Å²) >= 11 is 0. The van der Waals surface area contributed by atoms with Crippen molar-refractivity contribution in [2.45, 2.75) is 26.2 Å². The third kappa shape index (κ3) is 5.23. The van der Waals surface area contributed by atoms with Crippen molar-refractivity contribution in [2.24, 2.45) is 5.10 Å². The highest BCUT2D eigenvalue weighted by atomic mass is 16.5. The molecule has 1 amide bonds. The highest BCUT2D eigenvalue weighted by Crippen LogP contribution is 2.25. The van der Waals surface area contributed by atoms with E-state index in [0.717, 1.165) is 28.3 Å². The number of benzene rings is 3. The van der Waals surface area contributed by atoms with Crippen LogP contribution in [0.15, 0.2) is 90.2 Å². The van der Waals surface area contributed by atoms with Gasteiger partial charge in [0, 0.05) is 22.9 Å². The maximum Gasteiger partial charge on any atom is 0.271 e. The van der Waals surface area contributed by atoms with Crippen LogP contribution < -0.4 is 10.2 Å². The van der Waals surface area contributed by atoms with Crippen LogP contribution in [0.4, 0.5) is 0 Å². The highest BCUT2D eigenvalue weighted by molar-refractivity contribution is 5.95. The van der Waals surface area contributed by atoms with E-state index in [4.69, 9.17) is 9.84 Å². The lowest BCUT2D eigenvalue weighted by Gasteiger charge is -2.18. The number of hydrogen-bond donors (Lipinski definition) is 1. The summed E-state index contributed by atoms with van der Waals surface area (Å²) < 4.78 is 7.07. The van der Waals surface area contributed by atoms with Crippen LogP contribution in [0.5, 0.6) is 5.75 Å². The lowest BCUT2D eigenvalue weighted by atomic mass is 9.87. The summed E-state index contributed by atoms with van der Waals surface area (Å²) in [4.78, 5) is 12.6. The van der Waals surface area contributed by atoms with E-state index in [2.05, 4.69) is 31.3 Å². The van der Waals surface area contributed by atoms with Crippen molar-refractivity contribution in [2.75, 3.05) is 7.11 Å². The molecule has 6 nitrogen and oxygen atoms in total. The molecule has 6 heteroatoms. The second-order valence-electron chi connectivity index (χ2n) is 8.97. The molecule has 0 aliphatic carbocycles. The molecule has 1 heterocycles. The van der Waals surface area contributed by atoms with Crippen LogP contribution in [0.25, 0.3) is 16.9 Å². The number of hydrazone groups is 1. The van der Waals surface area contributed by atoms with Gasteiger partial charge in [-0.05, 0) is 59.5 Å². The second kappa shape index (κ2) is 9.75. The van der Waals surface area contributed by atoms with Gasteiger partial charge in [-0.15, -0.1) is 0 Å². The molecule has 0 unspecified atom stereocenters. The first-order chi connectivity index (χ1) is 16.3. The number of carbonyl (C=O) groups excluding carboxylic acids is 1. The van der Waals surface area contributed by atoms with Gasteiger partial charge in [-0.1, -0.05) is 51.1 Å². The van der Waals surface area contributed by atoms with E-state index in [-0.39, 0.29) is 11.3 Å². The fourth-order valence-corrected chi connectivity index (χ4v) is 3.51. The van der Waals surface area contributed by atoms with Gasteiger partial charge in [0.25, 0.3) is 5.91 Å². The predicted octanol–water partition coefficient (Wildman–Crippen LogP) is 5.61. The van der Waals surface area contributed by atoms with Crippen molar-refractivity contribution in [3.8, 4) is 22.7 Å². The number of methoxy groups -OCH3 is 1. The molecule has 1 N–H and O–H groups in total. The van der Waals surface area contributed by atoms with E-state index in [1.54, 1.807) is 18.0 Å². The van der Waals surface area contributed by atoms with Crippen molar-refractivity contribution < 1.29 is 9.53 Å². The Labute approximate surface area is 199 Å². The van der Waals surface area contributed by atoms with Gasteiger partial charge in [-0.3, -0.25) is 4.79 Å². The molecule has 0 saturated heterocycles. The van der Waals surface area contributed by atoms with Crippen LogP contribution in [0, 0.1) is 0 Å². The van der Waals surface area contributed by atoms with E-state index >= 15 is 0 Å². The summed E-state index contributed by atoms with van der Waals surface area (Å²) in [6.45, 7) is 6.42. The molecule has 0 radical (unpaired) electrons. The Bertz CT molecular complexity index is 1280. The molecule has 0 fully saturated rings. The zero-order chi connectivity index (χ0) is 24.1. The summed E-state index contributed by atoms with van der Waals surface area (Å²) in [6, 6.07) is 25.1. The molecule has 3 aromatic carbocycles. The Morgan fingerprint density at radius 2 is 1.65 bits per heavy atom. The number of nitrogens with zero attached hydrogens (tertiary/aromatic N) is 3. The lowest BCUT2D eigenvalue weighted by molar-refractivity contribution is 0.0955. The van der Waals surface area contributed by atoms with Crippen molar-refractivity contribution in [3.05, 3.63) is 102 Å². The van der Waals surface area contributed by atoms with Gasteiger partial charge in [0.2, 0.25) is 0 Å². The smallest absolute Gasteiger partial charge is 0.271 e. The monoisotopic (exact) mass is 452 g/mol. The van der Waals surface area contributed by atoms with Gasteiger partial charge < -0.3 is 4.74 Å². The van der Waals surface area contributed by atoms with Gasteiger partial charge in [0.05, 0.1) is 19.0 Å². The molecular formula is C28H28N4O2. The minimum atomic E-state index is -0.266. The Morgan fingerprint density at radius 3 is 2.26 bits per heavy atom. The molecule has 0 bridgehead atoms. The van der Waals surface area contributed by atoms with E-state index < -0.39 is 0 Å². The van der Waals surface area contributed by atoms with Crippen LogP contribution in [-0.4, -0.2) is 29.0 Å². The molecule has 0 aliphatic heterocycles. The molecule has 0 atom stereocenters. The zero-order valence-corrected chi connectivity index (χ0v) is 19.8. The zero-order valence-electron chi connectivity index (χ0n) is 19.8. The Balaban J connectivity index is 1.58. The molecule has 1 aromatic heterocycles. The van der Waals surface area contributed by atoms with E-state index in [0.29, 0.717) is 5.56 Å². The van der Waals surface area contributed by atoms with Crippen LogP contribution in [0.1, 0.15) is 42.3 Å². The topological polar surface area (TPSA) is 68.5 Å². The van der Waals surface area contributed by atoms with Crippen molar-refractivity contribution in [1.29, 1.82) is 0 Å². The average Bonchev–Trinajstić information content (AvgIpc) is 3.28. The predicted molar refractivity (Wildman–Crippen MR) is 136 cm³/mol. The van der Waals surface area contributed by atoms with Crippen LogP contribution >= 0.6 is 0 Å².